The smallest absolute Gasteiger partial charge is 0.245 e. The number of carbonyl (C=O) groups is 2. The molecule has 22 heavy (non-hydrogen) atoms. The summed E-state index contributed by atoms with van der Waals surface area (Å²) in [6.45, 7) is 4.63. The number of hydrogen-bond donors (Lipinski definition) is 1. The second-order valence-electron chi connectivity index (χ2n) is 5.23. The van der Waals surface area contributed by atoms with Crippen LogP contribution in [0.4, 0.5) is 4.39 Å². The first-order valence-corrected chi connectivity index (χ1v) is 7.52. The topological polar surface area (TPSA) is 49.4 Å². The average molecular weight is 325 g/mol. The molecule has 0 atom stereocenters. The van der Waals surface area contributed by atoms with Crippen LogP contribution in [0.15, 0.2) is 30.9 Å². The van der Waals surface area contributed by atoms with E-state index < -0.39 is 5.82 Å². The molecule has 118 valence electrons. The van der Waals surface area contributed by atoms with Crippen LogP contribution in [0.3, 0.4) is 0 Å². The largest absolute Gasteiger partial charge is 0.352 e. The van der Waals surface area contributed by atoms with Gasteiger partial charge in [-0.25, -0.2) is 4.39 Å². The molecule has 1 aliphatic heterocycles. The summed E-state index contributed by atoms with van der Waals surface area (Å²) in [5.74, 6) is -0.892. The molecule has 2 amide bonds. The maximum Gasteiger partial charge on any atom is 0.245 e. The van der Waals surface area contributed by atoms with E-state index in [-0.39, 0.29) is 29.3 Å². The first-order chi connectivity index (χ1) is 10.5. The van der Waals surface area contributed by atoms with E-state index in [4.69, 9.17) is 11.6 Å². The molecule has 4 nitrogen and oxygen atoms in total. The Kier molecular flexibility index (Phi) is 5.55. The van der Waals surface area contributed by atoms with Gasteiger partial charge in [0.25, 0.3) is 0 Å². The molecule has 0 aliphatic carbocycles. The fourth-order valence-electron chi connectivity index (χ4n) is 2.50. The van der Waals surface area contributed by atoms with Crippen molar-refractivity contribution >= 4 is 23.4 Å². The number of rotatable bonds is 4. The highest BCUT2D eigenvalue weighted by atomic mass is 35.5. The van der Waals surface area contributed by atoms with Gasteiger partial charge >= 0.3 is 0 Å². The van der Waals surface area contributed by atoms with Gasteiger partial charge in [0, 0.05) is 31.1 Å². The van der Waals surface area contributed by atoms with Gasteiger partial charge in [-0.3, -0.25) is 9.59 Å². The van der Waals surface area contributed by atoms with Crippen LogP contribution in [0.1, 0.15) is 18.4 Å². The van der Waals surface area contributed by atoms with Crippen LogP contribution in [-0.2, 0) is 16.1 Å². The van der Waals surface area contributed by atoms with Gasteiger partial charge in [-0.2, -0.15) is 0 Å². The number of carbonyl (C=O) groups excluding carboxylic acids is 2. The van der Waals surface area contributed by atoms with Crippen molar-refractivity contribution in [1.29, 1.82) is 0 Å². The Morgan fingerprint density at radius 2 is 2.09 bits per heavy atom. The second kappa shape index (κ2) is 7.40. The summed E-state index contributed by atoms with van der Waals surface area (Å²) in [7, 11) is 0. The van der Waals surface area contributed by atoms with E-state index in [0.717, 1.165) is 0 Å². The average Bonchev–Trinajstić information content (AvgIpc) is 2.55. The van der Waals surface area contributed by atoms with E-state index in [2.05, 4.69) is 11.9 Å². The summed E-state index contributed by atoms with van der Waals surface area (Å²) in [6.07, 6.45) is 2.48. The van der Waals surface area contributed by atoms with Gasteiger partial charge in [-0.05, 0) is 25.0 Å². The molecule has 1 aromatic rings. The van der Waals surface area contributed by atoms with Crippen LogP contribution in [0.25, 0.3) is 0 Å². The predicted octanol–water partition coefficient (Wildman–Crippen LogP) is 2.52. The first kappa shape index (κ1) is 16.5. The molecule has 0 bridgehead atoms. The minimum absolute atomic E-state index is 0.0444. The van der Waals surface area contributed by atoms with Gasteiger partial charge in [-0.1, -0.05) is 30.3 Å². The first-order valence-electron chi connectivity index (χ1n) is 7.15. The molecule has 1 fully saturated rings. The van der Waals surface area contributed by atoms with E-state index in [1.165, 1.54) is 12.1 Å². The Bertz CT molecular complexity index is 584. The lowest BCUT2D eigenvalue weighted by molar-refractivity contribution is -0.132. The Labute approximate surface area is 133 Å². The molecule has 6 heteroatoms. The summed E-state index contributed by atoms with van der Waals surface area (Å²) >= 11 is 5.70. The number of halogens is 2. The Hall–Kier alpha value is -1.88. The molecule has 1 aliphatic rings. The van der Waals surface area contributed by atoms with E-state index in [0.29, 0.717) is 31.5 Å². The van der Waals surface area contributed by atoms with Crippen molar-refractivity contribution in [3.05, 3.63) is 47.3 Å². The molecule has 0 saturated carbocycles. The number of nitrogens with one attached hydrogen (secondary N) is 1. The number of hydrogen-bond acceptors (Lipinski definition) is 2. The predicted molar refractivity (Wildman–Crippen MR) is 82.8 cm³/mol. The molecular formula is C16H18ClFN2O2. The number of nitrogens with zero attached hydrogens (tertiary/aromatic N) is 1. The standard InChI is InChI=1S/C16H18ClFN2O2/c1-2-14(21)20-8-6-11(7-9-20)16(22)19-10-12-4-3-5-13(17)15(12)18/h2-5,11H,1,6-10H2,(H,19,22). The van der Waals surface area contributed by atoms with Crippen molar-refractivity contribution in [1.82, 2.24) is 10.2 Å². The highest BCUT2D eigenvalue weighted by molar-refractivity contribution is 6.30. The number of benzene rings is 1. The van der Waals surface area contributed by atoms with Crippen molar-refractivity contribution < 1.29 is 14.0 Å². The van der Waals surface area contributed by atoms with E-state index in [1.807, 2.05) is 0 Å². The molecule has 2 rings (SSSR count). The monoisotopic (exact) mass is 324 g/mol. The second-order valence-corrected chi connectivity index (χ2v) is 5.64. The summed E-state index contributed by atoms with van der Waals surface area (Å²) in [5.41, 5.74) is 0.361. The summed E-state index contributed by atoms with van der Waals surface area (Å²) < 4.78 is 13.7. The van der Waals surface area contributed by atoms with Gasteiger partial charge in [-0.15, -0.1) is 0 Å². The van der Waals surface area contributed by atoms with Crippen LogP contribution < -0.4 is 5.32 Å². The molecular weight excluding hydrogens is 307 g/mol. The van der Waals surface area contributed by atoms with E-state index in [9.17, 15) is 14.0 Å². The molecule has 0 unspecified atom stereocenters. The van der Waals surface area contributed by atoms with Crippen LogP contribution in [0.5, 0.6) is 0 Å². The fourth-order valence-corrected chi connectivity index (χ4v) is 2.70. The molecule has 0 radical (unpaired) electrons. The van der Waals surface area contributed by atoms with Crippen LogP contribution in [0, 0.1) is 11.7 Å². The third-order valence-corrected chi connectivity index (χ3v) is 4.13. The minimum Gasteiger partial charge on any atom is -0.352 e. The maximum absolute atomic E-state index is 13.7. The Morgan fingerprint density at radius 1 is 1.41 bits per heavy atom. The zero-order chi connectivity index (χ0) is 16.1. The van der Waals surface area contributed by atoms with Gasteiger partial charge in [0.1, 0.15) is 5.82 Å². The van der Waals surface area contributed by atoms with Crippen molar-refractivity contribution in [2.75, 3.05) is 13.1 Å². The highest BCUT2D eigenvalue weighted by Crippen LogP contribution is 2.20. The lowest BCUT2D eigenvalue weighted by atomic mass is 9.95. The van der Waals surface area contributed by atoms with Gasteiger partial charge in [0.2, 0.25) is 11.8 Å². The van der Waals surface area contributed by atoms with Crippen LogP contribution in [-0.4, -0.2) is 29.8 Å². The highest BCUT2D eigenvalue weighted by Gasteiger charge is 2.26. The van der Waals surface area contributed by atoms with Crippen LogP contribution >= 0.6 is 11.6 Å². The van der Waals surface area contributed by atoms with Crippen molar-refractivity contribution in [2.24, 2.45) is 5.92 Å². The third-order valence-electron chi connectivity index (χ3n) is 3.84. The van der Waals surface area contributed by atoms with Crippen LogP contribution in [0.2, 0.25) is 5.02 Å². The summed E-state index contributed by atoms with van der Waals surface area (Å²) in [5, 5.41) is 2.78. The number of likely N-dealkylation sites (tertiary alicyclic amines) is 1. The lowest BCUT2D eigenvalue weighted by Gasteiger charge is -2.30. The molecule has 1 heterocycles. The summed E-state index contributed by atoms with van der Waals surface area (Å²) in [4.78, 5) is 25.3. The van der Waals surface area contributed by atoms with E-state index in [1.54, 1.807) is 17.0 Å². The molecule has 1 N–H and O–H groups in total. The SMILES string of the molecule is C=CC(=O)N1CCC(C(=O)NCc2cccc(Cl)c2F)CC1. The fraction of sp³-hybridized carbons (Fsp3) is 0.375. The lowest BCUT2D eigenvalue weighted by Crippen LogP contribution is -2.42. The van der Waals surface area contributed by atoms with Crippen molar-refractivity contribution in [3.8, 4) is 0 Å². The molecule has 1 aromatic carbocycles. The molecule has 0 spiro atoms. The zero-order valence-electron chi connectivity index (χ0n) is 12.1. The van der Waals surface area contributed by atoms with Gasteiger partial charge in [0.15, 0.2) is 0 Å². The molecule has 1 saturated heterocycles. The molecule has 0 aromatic heterocycles. The quantitative estimate of drug-likeness (QED) is 0.865. The Balaban J connectivity index is 1.85. The van der Waals surface area contributed by atoms with E-state index >= 15 is 0 Å². The summed E-state index contributed by atoms with van der Waals surface area (Å²) in [6, 6.07) is 4.70. The third kappa shape index (κ3) is 3.85. The number of amides is 2. The van der Waals surface area contributed by atoms with Crippen molar-refractivity contribution in [3.63, 3.8) is 0 Å². The zero-order valence-corrected chi connectivity index (χ0v) is 12.9. The Morgan fingerprint density at radius 3 is 2.73 bits per heavy atom. The normalized spacial score (nSPS) is 15.5. The van der Waals surface area contributed by atoms with Crippen molar-refractivity contribution in [2.45, 2.75) is 19.4 Å². The number of piperidine rings is 1. The minimum atomic E-state index is -0.504. The van der Waals surface area contributed by atoms with Gasteiger partial charge < -0.3 is 10.2 Å². The maximum atomic E-state index is 13.7. The van der Waals surface area contributed by atoms with Gasteiger partial charge in [0.05, 0.1) is 5.02 Å².